The van der Waals surface area contributed by atoms with Crippen LogP contribution in [0.3, 0.4) is 0 Å². The van der Waals surface area contributed by atoms with Crippen LogP contribution in [0.25, 0.3) is 16.8 Å². The van der Waals surface area contributed by atoms with Crippen LogP contribution in [0.15, 0.2) is 73.1 Å². The molecule has 0 radical (unpaired) electrons. The highest BCUT2D eigenvalue weighted by molar-refractivity contribution is 5.77. The van der Waals surface area contributed by atoms with Crippen molar-refractivity contribution in [3.63, 3.8) is 0 Å². The summed E-state index contributed by atoms with van der Waals surface area (Å²) in [6.45, 7) is 5.87. The van der Waals surface area contributed by atoms with Gasteiger partial charge in [0.15, 0.2) is 5.65 Å². The van der Waals surface area contributed by atoms with E-state index in [0.29, 0.717) is 6.42 Å². The summed E-state index contributed by atoms with van der Waals surface area (Å²) in [7, 11) is 0. The molecule has 2 heterocycles. The van der Waals surface area contributed by atoms with Crippen LogP contribution in [0.5, 0.6) is 0 Å². The summed E-state index contributed by atoms with van der Waals surface area (Å²) < 4.78 is 7.36. The molecule has 0 aliphatic rings. The number of carbonyl (C=O) groups is 1. The number of hydrogen-bond donors (Lipinski definition) is 0. The number of fused-ring (bicyclic) bond motifs is 1. The van der Waals surface area contributed by atoms with Crippen LogP contribution >= 0.6 is 0 Å². The molecule has 2 aromatic carbocycles. The maximum atomic E-state index is 11.6. The van der Waals surface area contributed by atoms with Crippen LogP contribution in [0.1, 0.15) is 30.7 Å². The molecule has 4 aromatic rings. The molecule has 1 atom stereocenters. The van der Waals surface area contributed by atoms with Crippen LogP contribution in [-0.4, -0.2) is 27.2 Å². The van der Waals surface area contributed by atoms with E-state index in [1.165, 1.54) is 18.1 Å². The largest absolute Gasteiger partial charge is 0.465 e. The van der Waals surface area contributed by atoms with Crippen molar-refractivity contribution in [1.82, 2.24) is 14.6 Å². The Morgan fingerprint density at radius 1 is 1.07 bits per heavy atom. The van der Waals surface area contributed by atoms with Gasteiger partial charge in [0.05, 0.1) is 11.9 Å². The second kappa shape index (κ2) is 8.11. The summed E-state index contributed by atoms with van der Waals surface area (Å²) >= 11 is 0. The Hall–Kier alpha value is -3.47. The molecule has 0 saturated carbocycles. The molecule has 5 nitrogen and oxygen atoms in total. The van der Waals surface area contributed by atoms with E-state index in [2.05, 4.69) is 60.3 Å². The summed E-state index contributed by atoms with van der Waals surface area (Å²) in [5, 5.41) is 4.67. The molecule has 0 spiro atoms. The topological polar surface area (TPSA) is 56.5 Å². The van der Waals surface area contributed by atoms with Gasteiger partial charge in [0.25, 0.3) is 0 Å². The first-order chi connectivity index (χ1) is 14.5. The Bertz CT molecular complexity index is 1170. The van der Waals surface area contributed by atoms with Gasteiger partial charge < -0.3 is 4.74 Å². The molecular weight excluding hydrogens is 374 g/mol. The van der Waals surface area contributed by atoms with Gasteiger partial charge in [0.1, 0.15) is 6.61 Å². The second-order valence-corrected chi connectivity index (χ2v) is 7.99. The Kier molecular flexibility index (Phi) is 5.36. The number of hydrogen-bond acceptors (Lipinski definition) is 4. The minimum atomic E-state index is -0.467. The molecule has 0 N–H and O–H groups in total. The maximum absolute atomic E-state index is 11.6. The zero-order chi connectivity index (χ0) is 21.1. The van der Waals surface area contributed by atoms with Crippen molar-refractivity contribution in [3.8, 4) is 11.1 Å². The van der Waals surface area contributed by atoms with Crippen molar-refractivity contribution in [2.24, 2.45) is 0 Å². The highest BCUT2D eigenvalue weighted by Gasteiger charge is 2.32. The fourth-order valence-electron chi connectivity index (χ4n) is 3.81. The lowest BCUT2D eigenvalue weighted by Crippen LogP contribution is -2.34. The van der Waals surface area contributed by atoms with Crippen LogP contribution in [0, 0.1) is 6.92 Å². The SMILES string of the molecule is CC(=O)OCC(C)(Cc1ccccc1)c1ccnc2c(-c3ccc(C)cc3)cnn12. The highest BCUT2D eigenvalue weighted by atomic mass is 16.5. The molecule has 0 saturated heterocycles. The van der Waals surface area contributed by atoms with Gasteiger partial charge in [-0.3, -0.25) is 4.79 Å². The number of ether oxygens (including phenoxy) is 1. The first kappa shape index (κ1) is 19.8. The molecule has 1 unspecified atom stereocenters. The van der Waals surface area contributed by atoms with Crippen molar-refractivity contribution >= 4 is 11.6 Å². The first-order valence-electron chi connectivity index (χ1n) is 10.0. The van der Waals surface area contributed by atoms with Crippen molar-refractivity contribution in [2.75, 3.05) is 6.61 Å². The molecule has 0 aliphatic carbocycles. The highest BCUT2D eigenvalue weighted by Crippen LogP contribution is 2.31. The molecular formula is C25H25N3O2. The normalized spacial score (nSPS) is 13.2. The number of rotatable bonds is 6. The number of aryl methyl sites for hydroxylation is 1. The smallest absolute Gasteiger partial charge is 0.302 e. The van der Waals surface area contributed by atoms with Gasteiger partial charge in [0, 0.05) is 24.1 Å². The van der Waals surface area contributed by atoms with Gasteiger partial charge in [-0.05, 0) is 30.5 Å². The number of nitrogens with zero attached hydrogens (tertiary/aromatic N) is 3. The van der Waals surface area contributed by atoms with E-state index >= 15 is 0 Å². The second-order valence-electron chi connectivity index (χ2n) is 7.99. The molecule has 30 heavy (non-hydrogen) atoms. The van der Waals surface area contributed by atoms with Crippen molar-refractivity contribution in [1.29, 1.82) is 0 Å². The van der Waals surface area contributed by atoms with E-state index in [1.807, 2.05) is 35.0 Å². The fraction of sp³-hybridized carbons (Fsp3) is 0.240. The lowest BCUT2D eigenvalue weighted by molar-refractivity contribution is -0.142. The van der Waals surface area contributed by atoms with E-state index in [1.54, 1.807) is 6.20 Å². The molecule has 0 amide bonds. The monoisotopic (exact) mass is 399 g/mol. The number of benzene rings is 2. The zero-order valence-corrected chi connectivity index (χ0v) is 17.5. The minimum absolute atomic E-state index is 0.260. The fourth-order valence-corrected chi connectivity index (χ4v) is 3.81. The van der Waals surface area contributed by atoms with Crippen molar-refractivity contribution in [2.45, 2.75) is 32.6 Å². The van der Waals surface area contributed by atoms with Gasteiger partial charge in [-0.15, -0.1) is 0 Å². The lowest BCUT2D eigenvalue weighted by Gasteiger charge is -2.30. The average Bonchev–Trinajstić information content (AvgIpc) is 3.18. The van der Waals surface area contributed by atoms with Gasteiger partial charge in [-0.1, -0.05) is 67.1 Å². The van der Waals surface area contributed by atoms with Gasteiger partial charge >= 0.3 is 5.97 Å². The summed E-state index contributed by atoms with van der Waals surface area (Å²) in [5.74, 6) is -0.291. The third kappa shape index (κ3) is 3.96. The summed E-state index contributed by atoms with van der Waals surface area (Å²) in [6, 6.07) is 20.5. The average molecular weight is 399 g/mol. The third-order valence-corrected chi connectivity index (χ3v) is 5.41. The molecule has 2 aromatic heterocycles. The van der Waals surface area contributed by atoms with Crippen LogP contribution < -0.4 is 0 Å². The molecule has 0 aliphatic heterocycles. The summed E-state index contributed by atoms with van der Waals surface area (Å²) in [6.07, 6.45) is 4.37. The van der Waals surface area contributed by atoms with Crippen molar-refractivity contribution < 1.29 is 9.53 Å². The number of aromatic nitrogens is 3. The van der Waals surface area contributed by atoms with Gasteiger partial charge in [0.2, 0.25) is 0 Å². The molecule has 0 bridgehead atoms. The summed E-state index contributed by atoms with van der Waals surface area (Å²) in [5.41, 5.74) is 5.71. The standard InChI is InChI=1S/C25H25N3O2/c1-18-9-11-21(12-10-18)22-16-27-28-23(13-14-26-24(22)28)25(3,17-30-19(2)29)15-20-7-5-4-6-8-20/h4-14,16H,15,17H2,1-3H3. The van der Waals surface area contributed by atoms with E-state index in [4.69, 9.17) is 4.74 Å². The Morgan fingerprint density at radius 3 is 2.50 bits per heavy atom. The maximum Gasteiger partial charge on any atom is 0.302 e. The van der Waals surface area contributed by atoms with E-state index in [0.717, 1.165) is 22.5 Å². The first-order valence-corrected chi connectivity index (χ1v) is 10.0. The van der Waals surface area contributed by atoms with E-state index in [9.17, 15) is 4.79 Å². The Balaban J connectivity index is 1.81. The Morgan fingerprint density at radius 2 is 1.80 bits per heavy atom. The van der Waals surface area contributed by atoms with Gasteiger partial charge in [-0.2, -0.15) is 5.10 Å². The van der Waals surface area contributed by atoms with E-state index in [-0.39, 0.29) is 12.6 Å². The summed E-state index contributed by atoms with van der Waals surface area (Å²) in [4.78, 5) is 16.2. The molecule has 0 fully saturated rings. The predicted octanol–water partition coefficient (Wildman–Crippen LogP) is 4.77. The van der Waals surface area contributed by atoms with Gasteiger partial charge in [-0.25, -0.2) is 9.50 Å². The Labute approximate surface area is 176 Å². The lowest BCUT2D eigenvalue weighted by atomic mass is 9.81. The zero-order valence-electron chi connectivity index (χ0n) is 17.5. The number of esters is 1. The van der Waals surface area contributed by atoms with Crippen LogP contribution in [-0.2, 0) is 21.4 Å². The third-order valence-electron chi connectivity index (χ3n) is 5.41. The molecule has 5 heteroatoms. The van der Waals surface area contributed by atoms with Crippen molar-refractivity contribution in [3.05, 3.63) is 89.9 Å². The minimum Gasteiger partial charge on any atom is -0.465 e. The van der Waals surface area contributed by atoms with E-state index < -0.39 is 5.41 Å². The van der Waals surface area contributed by atoms with Crippen LogP contribution in [0.2, 0.25) is 0 Å². The predicted molar refractivity (Wildman–Crippen MR) is 117 cm³/mol. The molecule has 152 valence electrons. The van der Waals surface area contributed by atoms with Crippen LogP contribution in [0.4, 0.5) is 0 Å². The quantitative estimate of drug-likeness (QED) is 0.438. The molecule has 4 rings (SSSR count). The number of carbonyl (C=O) groups excluding carboxylic acids is 1.